The van der Waals surface area contributed by atoms with Gasteiger partial charge in [0.2, 0.25) is 5.91 Å². The first kappa shape index (κ1) is 21.1. The number of carbonyl (C=O) groups is 2. The Bertz CT molecular complexity index is 1190. The molecule has 0 radical (unpaired) electrons. The molecule has 0 saturated heterocycles. The standard InChI is InChI=1S/C26H26N2O5/c1-31-23-13-18-9-10-27(15-20(18)14-24(23)32-2)25(29)21-12-17-6-3-4-7-19(17)16-28(21)26(30)22-8-5-11-33-22/h3-8,11,13-14,21H,9-10,12,15-16H2,1-2H3. The number of hydrogen-bond acceptors (Lipinski definition) is 5. The molecule has 0 N–H and O–H groups in total. The third kappa shape index (κ3) is 3.84. The van der Waals surface area contributed by atoms with Crippen LogP contribution in [0.2, 0.25) is 0 Å². The number of ether oxygens (including phenoxy) is 2. The molecule has 0 spiro atoms. The Balaban J connectivity index is 1.44. The first-order chi connectivity index (χ1) is 16.1. The van der Waals surface area contributed by atoms with Gasteiger partial charge in [0.25, 0.3) is 5.91 Å². The summed E-state index contributed by atoms with van der Waals surface area (Å²) in [7, 11) is 3.22. The fourth-order valence-corrected chi connectivity index (χ4v) is 4.78. The normalized spacial score (nSPS) is 17.2. The average molecular weight is 447 g/mol. The molecule has 2 amide bonds. The van der Waals surface area contributed by atoms with Gasteiger partial charge in [0.05, 0.1) is 20.5 Å². The van der Waals surface area contributed by atoms with Crippen molar-refractivity contribution in [2.75, 3.05) is 20.8 Å². The van der Waals surface area contributed by atoms with Gasteiger partial charge in [-0.1, -0.05) is 24.3 Å². The van der Waals surface area contributed by atoms with E-state index in [1.54, 1.807) is 31.3 Å². The first-order valence-electron chi connectivity index (χ1n) is 11.0. The predicted molar refractivity (Wildman–Crippen MR) is 121 cm³/mol. The number of methoxy groups -OCH3 is 2. The molecule has 2 aliphatic rings. The second-order valence-corrected chi connectivity index (χ2v) is 8.38. The Kier molecular flexibility index (Phi) is 5.54. The second kappa shape index (κ2) is 8.65. The van der Waals surface area contributed by atoms with Crippen LogP contribution >= 0.6 is 0 Å². The summed E-state index contributed by atoms with van der Waals surface area (Å²) >= 11 is 0. The van der Waals surface area contributed by atoms with Crippen molar-refractivity contribution in [2.45, 2.75) is 32.0 Å². The topological polar surface area (TPSA) is 72.2 Å². The monoisotopic (exact) mass is 446 g/mol. The van der Waals surface area contributed by atoms with Crippen LogP contribution in [-0.4, -0.2) is 48.4 Å². The molecule has 1 aromatic heterocycles. The molecule has 3 heterocycles. The van der Waals surface area contributed by atoms with Crippen molar-refractivity contribution >= 4 is 11.8 Å². The van der Waals surface area contributed by atoms with Gasteiger partial charge in [-0.2, -0.15) is 0 Å². The lowest BCUT2D eigenvalue weighted by atomic mass is 9.91. The molecule has 0 saturated carbocycles. The van der Waals surface area contributed by atoms with E-state index in [-0.39, 0.29) is 17.6 Å². The summed E-state index contributed by atoms with van der Waals surface area (Å²) in [6.07, 6.45) is 2.68. The Labute approximate surface area is 192 Å². The van der Waals surface area contributed by atoms with Crippen LogP contribution in [0.3, 0.4) is 0 Å². The number of furan rings is 1. The Morgan fingerprint density at radius 3 is 2.33 bits per heavy atom. The minimum atomic E-state index is -0.584. The van der Waals surface area contributed by atoms with E-state index < -0.39 is 6.04 Å². The highest BCUT2D eigenvalue weighted by Crippen LogP contribution is 2.34. The maximum Gasteiger partial charge on any atom is 0.290 e. The summed E-state index contributed by atoms with van der Waals surface area (Å²) < 4.78 is 16.2. The van der Waals surface area contributed by atoms with E-state index in [0.717, 1.165) is 28.7 Å². The van der Waals surface area contributed by atoms with Crippen molar-refractivity contribution in [1.29, 1.82) is 0 Å². The second-order valence-electron chi connectivity index (χ2n) is 8.38. The Morgan fingerprint density at radius 1 is 0.909 bits per heavy atom. The fourth-order valence-electron chi connectivity index (χ4n) is 4.78. The summed E-state index contributed by atoms with van der Waals surface area (Å²) in [5, 5.41) is 0. The first-order valence-corrected chi connectivity index (χ1v) is 11.0. The van der Waals surface area contributed by atoms with Gasteiger partial charge in [-0.05, 0) is 52.9 Å². The van der Waals surface area contributed by atoms with E-state index in [1.165, 1.54) is 6.26 Å². The minimum absolute atomic E-state index is 0.0511. The highest BCUT2D eigenvalue weighted by molar-refractivity contribution is 5.96. The maximum atomic E-state index is 13.8. The van der Waals surface area contributed by atoms with Gasteiger partial charge in [0.15, 0.2) is 17.3 Å². The van der Waals surface area contributed by atoms with Gasteiger partial charge in [-0.25, -0.2) is 0 Å². The van der Waals surface area contributed by atoms with E-state index >= 15 is 0 Å². The van der Waals surface area contributed by atoms with Gasteiger partial charge in [-0.3, -0.25) is 9.59 Å². The number of amides is 2. The van der Waals surface area contributed by atoms with Crippen LogP contribution in [0.4, 0.5) is 0 Å². The van der Waals surface area contributed by atoms with Crippen LogP contribution in [0.15, 0.2) is 59.2 Å². The summed E-state index contributed by atoms with van der Waals surface area (Å²) in [5.41, 5.74) is 4.34. The van der Waals surface area contributed by atoms with Crippen LogP contribution in [0.5, 0.6) is 11.5 Å². The van der Waals surface area contributed by atoms with Crippen LogP contribution < -0.4 is 9.47 Å². The fraction of sp³-hybridized carbons (Fsp3) is 0.308. The van der Waals surface area contributed by atoms with E-state index in [9.17, 15) is 9.59 Å². The predicted octanol–water partition coefficient (Wildman–Crippen LogP) is 3.45. The smallest absolute Gasteiger partial charge is 0.290 e. The third-order valence-electron chi connectivity index (χ3n) is 6.56. The lowest BCUT2D eigenvalue weighted by Crippen LogP contribution is -2.54. The molecule has 5 rings (SSSR count). The number of carbonyl (C=O) groups excluding carboxylic acids is 2. The van der Waals surface area contributed by atoms with Crippen molar-refractivity contribution < 1.29 is 23.5 Å². The SMILES string of the molecule is COc1cc2c(cc1OC)CN(C(=O)C1Cc3ccccc3CN1C(=O)c1ccco1)CC2. The molecule has 1 unspecified atom stereocenters. The molecule has 33 heavy (non-hydrogen) atoms. The molecular formula is C26H26N2O5. The maximum absolute atomic E-state index is 13.8. The third-order valence-corrected chi connectivity index (χ3v) is 6.56. The molecule has 7 nitrogen and oxygen atoms in total. The van der Waals surface area contributed by atoms with Crippen molar-refractivity contribution in [1.82, 2.24) is 9.80 Å². The van der Waals surface area contributed by atoms with Crippen molar-refractivity contribution in [3.63, 3.8) is 0 Å². The zero-order valence-corrected chi connectivity index (χ0v) is 18.7. The van der Waals surface area contributed by atoms with Crippen molar-refractivity contribution in [3.05, 3.63) is 82.8 Å². The molecule has 0 fully saturated rings. The quantitative estimate of drug-likeness (QED) is 0.614. The molecule has 7 heteroatoms. The highest BCUT2D eigenvalue weighted by atomic mass is 16.5. The Morgan fingerprint density at radius 2 is 1.64 bits per heavy atom. The van der Waals surface area contributed by atoms with Gasteiger partial charge in [-0.15, -0.1) is 0 Å². The van der Waals surface area contributed by atoms with Gasteiger partial charge in [0.1, 0.15) is 6.04 Å². The number of benzene rings is 2. The number of nitrogens with zero attached hydrogens (tertiary/aromatic N) is 2. The minimum Gasteiger partial charge on any atom is -0.493 e. The van der Waals surface area contributed by atoms with Crippen molar-refractivity contribution in [2.24, 2.45) is 0 Å². The summed E-state index contributed by atoms with van der Waals surface area (Å²) in [6.45, 7) is 1.43. The lowest BCUT2D eigenvalue weighted by molar-refractivity contribution is -0.137. The largest absolute Gasteiger partial charge is 0.493 e. The average Bonchev–Trinajstić information content (AvgIpc) is 3.41. The van der Waals surface area contributed by atoms with Gasteiger partial charge in [0, 0.05) is 26.1 Å². The van der Waals surface area contributed by atoms with Crippen LogP contribution in [0.1, 0.15) is 32.8 Å². The van der Waals surface area contributed by atoms with Crippen LogP contribution in [0.25, 0.3) is 0 Å². The summed E-state index contributed by atoms with van der Waals surface area (Å²) in [5.74, 6) is 1.26. The summed E-state index contributed by atoms with van der Waals surface area (Å²) in [6, 6.07) is 14.6. The number of rotatable bonds is 4. The number of hydrogen-bond donors (Lipinski definition) is 0. The molecule has 2 aliphatic heterocycles. The lowest BCUT2D eigenvalue weighted by Gasteiger charge is -2.39. The van der Waals surface area contributed by atoms with Crippen LogP contribution in [-0.2, 0) is 30.7 Å². The van der Waals surface area contributed by atoms with Gasteiger partial charge < -0.3 is 23.7 Å². The zero-order valence-electron chi connectivity index (χ0n) is 18.7. The van der Waals surface area contributed by atoms with E-state index in [0.29, 0.717) is 37.6 Å². The number of fused-ring (bicyclic) bond motifs is 2. The van der Waals surface area contributed by atoms with Crippen LogP contribution in [0, 0.1) is 0 Å². The van der Waals surface area contributed by atoms with E-state index in [4.69, 9.17) is 13.9 Å². The summed E-state index contributed by atoms with van der Waals surface area (Å²) in [4.78, 5) is 30.5. The van der Waals surface area contributed by atoms with E-state index in [2.05, 4.69) is 0 Å². The molecular weight excluding hydrogens is 420 g/mol. The molecule has 0 bridgehead atoms. The Hall–Kier alpha value is -3.74. The van der Waals surface area contributed by atoms with Gasteiger partial charge >= 0.3 is 0 Å². The molecule has 1 atom stereocenters. The molecule has 2 aromatic carbocycles. The zero-order chi connectivity index (χ0) is 22.9. The molecule has 170 valence electrons. The van der Waals surface area contributed by atoms with E-state index in [1.807, 2.05) is 41.3 Å². The molecule has 3 aromatic rings. The van der Waals surface area contributed by atoms with Crippen molar-refractivity contribution in [3.8, 4) is 11.5 Å². The molecule has 0 aliphatic carbocycles. The highest BCUT2D eigenvalue weighted by Gasteiger charge is 2.38.